The molecule has 122 valence electrons. The highest BCUT2D eigenvalue weighted by Crippen LogP contribution is 2.27. The van der Waals surface area contributed by atoms with Gasteiger partial charge in [0.15, 0.2) is 5.65 Å². The fourth-order valence-corrected chi connectivity index (χ4v) is 2.42. The van der Waals surface area contributed by atoms with Crippen LogP contribution in [0.2, 0.25) is 0 Å². The Balaban J connectivity index is 1.97. The van der Waals surface area contributed by atoms with Crippen LogP contribution in [-0.2, 0) is 19.0 Å². The molecule has 23 heavy (non-hydrogen) atoms. The molecule has 0 aliphatic rings. The first-order valence-electron chi connectivity index (χ1n) is 7.75. The predicted octanol–water partition coefficient (Wildman–Crippen LogP) is 1.99. The normalized spacial score (nSPS) is 12.0. The minimum Gasteiger partial charge on any atom is -0.357 e. The molecule has 0 bridgehead atoms. The van der Waals surface area contributed by atoms with Gasteiger partial charge < -0.3 is 4.90 Å². The van der Waals surface area contributed by atoms with E-state index in [0.717, 1.165) is 35.8 Å². The fraction of sp³-hybridized carbons (Fsp3) is 0.500. The molecule has 0 saturated carbocycles. The molecule has 0 aliphatic carbocycles. The molecule has 0 fully saturated rings. The van der Waals surface area contributed by atoms with E-state index in [1.807, 2.05) is 37.2 Å². The molecular weight excluding hydrogens is 290 g/mol. The number of hydrogen-bond donors (Lipinski definition) is 0. The molecule has 3 aromatic heterocycles. The van der Waals surface area contributed by atoms with Crippen molar-refractivity contribution >= 4 is 16.9 Å². The lowest BCUT2D eigenvalue weighted by Gasteiger charge is -2.23. The smallest absolute Gasteiger partial charge is 0.163 e. The van der Waals surface area contributed by atoms with Crippen LogP contribution in [0, 0.1) is 0 Å². The van der Waals surface area contributed by atoms with Crippen molar-refractivity contribution in [3.05, 3.63) is 30.5 Å². The van der Waals surface area contributed by atoms with Crippen molar-refractivity contribution < 1.29 is 0 Å². The van der Waals surface area contributed by atoms with Crippen LogP contribution in [0.4, 0.5) is 5.82 Å². The largest absolute Gasteiger partial charge is 0.357 e. The molecule has 0 aliphatic heterocycles. The second-order valence-electron chi connectivity index (χ2n) is 6.82. The third kappa shape index (κ3) is 3.04. The van der Waals surface area contributed by atoms with Gasteiger partial charge in [-0.2, -0.15) is 10.2 Å². The summed E-state index contributed by atoms with van der Waals surface area (Å²) in [5.41, 5.74) is 0.751. The van der Waals surface area contributed by atoms with E-state index in [0.29, 0.717) is 0 Å². The monoisotopic (exact) mass is 313 g/mol. The van der Waals surface area contributed by atoms with Crippen LogP contribution in [0.5, 0.6) is 0 Å². The van der Waals surface area contributed by atoms with Crippen LogP contribution in [0.25, 0.3) is 11.0 Å². The van der Waals surface area contributed by atoms with E-state index in [-0.39, 0.29) is 5.41 Å². The Bertz CT molecular complexity index is 796. The van der Waals surface area contributed by atoms with Gasteiger partial charge in [0.2, 0.25) is 0 Å². The second-order valence-corrected chi connectivity index (χ2v) is 6.82. The van der Waals surface area contributed by atoms with Crippen molar-refractivity contribution in [1.29, 1.82) is 0 Å². The molecule has 0 amide bonds. The average Bonchev–Trinajstić information content (AvgIpc) is 3.13. The lowest BCUT2D eigenvalue weighted by Crippen LogP contribution is -2.26. The van der Waals surface area contributed by atoms with E-state index in [1.54, 1.807) is 10.9 Å². The number of rotatable bonds is 4. The van der Waals surface area contributed by atoms with Gasteiger partial charge in [-0.25, -0.2) is 9.97 Å². The van der Waals surface area contributed by atoms with Crippen LogP contribution in [0.15, 0.2) is 24.7 Å². The van der Waals surface area contributed by atoms with Crippen molar-refractivity contribution in [2.45, 2.75) is 32.7 Å². The zero-order valence-corrected chi connectivity index (χ0v) is 14.4. The van der Waals surface area contributed by atoms with Crippen molar-refractivity contribution in [2.75, 3.05) is 18.5 Å². The van der Waals surface area contributed by atoms with Gasteiger partial charge in [-0.1, -0.05) is 20.8 Å². The Labute approximate surface area is 136 Å². The molecule has 0 atom stereocenters. The van der Waals surface area contributed by atoms with Crippen molar-refractivity contribution in [2.24, 2.45) is 7.05 Å². The first-order valence-corrected chi connectivity index (χ1v) is 7.75. The van der Waals surface area contributed by atoms with Gasteiger partial charge in [-0.05, 0) is 6.07 Å². The third-order valence-electron chi connectivity index (χ3n) is 3.83. The van der Waals surface area contributed by atoms with E-state index in [4.69, 9.17) is 9.97 Å². The first-order chi connectivity index (χ1) is 10.9. The molecule has 3 heterocycles. The summed E-state index contributed by atoms with van der Waals surface area (Å²) in [4.78, 5) is 11.7. The summed E-state index contributed by atoms with van der Waals surface area (Å²) in [6.07, 6.45) is 5.59. The lowest BCUT2D eigenvalue weighted by molar-refractivity contribution is 0.544. The van der Waals surface area contributed by atoms with Gasteiger partial charge in [0.05, 0.1) is 18.1 Å². The van der Waals surface area contributed by atoms with Gasteiger partial charge in [-0.3, -0.25) is 9.36 Å². The second kappa shape index (κ2) is 5.64. The van der Waals surface area contributed by atoms with E-state index in [1.165, 1.54) is 0 Å². The number of aromatic nitrogens is 6. The van der Waals surface area contributed by atoms with Gasteiger partial charge in [0.25, 0.3) is 0 Å². The maximum absolute atomic E-state index is 4.82. The molecule has 0 spiro atoms. The summed E-state index contributed by atoms with van der Waals surface area (Å²) in [7, 11) is 3.96. The third-order valence-corrected chi connectivity index (χ3v) is 3.83. The zero-order chi connectivity index (χ0) is 16.6. The molecule has 0 saturated heterocycles. The van der Waals surface area contributed by atoms with Crippen molar-refractivity contribution in [1.82, 2.24) is 29.5 Å². The van der Waals surface area contributed by atoms with Gasteiger partial charge in [0.1, 0.15) is 11.6 Å². The first kappa shape index (κ1) is 15.5. The molecule has 7 heteroatoms. The van der Waals surface area contributed by atoms with Gasteiger partial charge >= 0.3 is 0 Å². The maximum Gasteiger partial charge on any atom is 0.163 e. The van der Waals surface area contributed by atoms with Crippen LogP contribution in [0.3, 0.4) is 0 Å². The van der Waals surface area contributed by atoms with E-state index in [9.17, 15) is 0 Å². The van der Waals surface area contributed by atoms with E-state index >= 15 is 0 Å². The summed E-state index contributed by atoms with van der Waals surface area (Å²) in [5.74, 6) is 1.75. The molecule has 3 rings (SSSR count). The lowest BCUT2D eigenvalue weighted by atomic mass is 9.95. The molecule has 0 radical (unpaired) electrons. The Hall–Kier alpha value is -2.44. The van der Waals surface area contributed by atoms with Crippen molar-refractivity contribution in [3.63, 3.8) is 0 Å². The summed E-state index contributed by atoms with van der Waals surface area (Å²) in [6.45, 7) is 7.99. The quantitative estimate of drug-likeness (QED) is 0.737. The summed E-state index contributed by atoms with van der Waals surface area (Å²) < 4.78 is 3.72. The summed E-state index contributed by atoms with van der Waals surface area (Å²) >= 11 is 0. The standard InChI is InChI=1S/C16H23N7/c1-16(2,3)15-19-13(12-11-18-22(5)14(12)20-15)21(4)9-10-23-8-6-7-17-23/h6-8,11H,9-10H2,1-5H3. The average molecular weight is 313 g/mol. The number of aryl methyl sites for hydroxylation is 1. The SMILES string of the molecule is CN(CCn1cccn1)c1nc(C(C)(C)C)nc2c1cnn2C. The Kier molecular flexibility index (Phi) is 3.79. The predicted molar refractivity (Wildman–Crippen MR) is 90.5 cm³/mol. The van der Waals surface area contributed by atoms with Crippen LogP contribution >= 0.6 is 0 Å². The molecule has 0 unspecified atom stereocenters. The number of likely N-dealkylation sites (N-methyl/N-ethyl adjacent to an activating group) is 1. The topological polar surface area (TPSA) is 64.7 Å². The minimum atomic E-state index is -0.115. The molecule has 0 N–H and O–H groups in total. The highest BCUT2D eigenvalue weighted by atomic mass is 15.3. The van der Waals surface area contributed by atoms with Crippen molar-refractivity contribution in [3.8, 4) is 0 Å². The van der Waals surface area contributed by atoms with Crippen LogP contribution in [-0.4, -0.2) is 43.1 Å². The highest BCUT2D eigenvalue weighted by molar-refractivity contribution is 5.86. The van der Waals surface area contributed by atoms with Crippen LogP contribution < -0.4 is 4.90 Å². The highest BCUT2D eigenvalue weighted by Gasteiger charge is 2.22. The van der Waals surface area contributed by atoms with E-state index in [2.05, 4.69) is 35.9 Å². The molecular formula is C16H23N7. The number of anilines is 1. The van der Waals surface area contributed by atoms with Gasteiger partial charge in [-0.15, -0.1) is 0 Å². The summed E-state index contributed by atoms with van der Waals surface area (Å²) in [5, 5.41) is 9.56. The van der Waals surface area contributed by atoms with Gasteiger partial charge in [0, 0.05) is 38.4 Å². The minimum absolute atomic E-state index is 0.115. The number of hydrogen-bond acceptors (Lipinski definition) is 5. The molecule has 7 nitrogen and oxygen atoms in total. The molecule has 3 aromatic rings. The Morgan fingerprint density at radius 1 is 1.17 bits per heavy atom. The van der Waals surface area contributed by atoms with Crippen LogP contribution in [0.1, 0.15) is 26.6 Å². The maximum atomic E-state index is 4.82. The zero-order valence-electron chi connectivity index (χ0n) is 14.4. The summed E-state index contributed by atoms with van der Waals surface area (Å²) in [6, 6.07) is 1.93. The Morgan fingerprint density at radius 2 is 1.96 bits per heavy atom. The molecule has 0 aromatic carbocycles. The number of fused-ring (bicyclic) bond motifs is 1. The fourth-order valence-electron chi connectivity index (χ4n) is 2.42. The van der Waals surface area contributed by atoms with E-state index < -0.39 is 0 Å². The Morgan fingerprint density at radius 3 is 2.61 bits per heavy atom. The number of nitrogens with zero attached hydrogens (tertiary/aromatic N) is 7.